The molecule has 28 heavy (non-hydrogen) atoms. The van der Waals surface area contributed by atoms with E-state index in [0.29, 0.717) is 24.5 Å². The molecule has 4 rings (SSSR count). The fourth-order valence-corrected chi connectivity index (χ4v) is 4.09. The fourth-order valence-electron chi connectivity index (χ4n) is 3.10. The Labute approximate surface area is 161 Å². The molecule has 2 heterocycles. The average Bonchev–Trinajstić information content (AvgIpc) is 3.11. The summed E-state index contributed by atoms with van der Waals surface area (Å²) in [7, 11) is -2.41. The number of hydrogen-bond acceptors (Lipinski definition) is 6. The molecule has 0 spiro atoms. The van der Waals surface area contributed by atoms with Crippen molar-refractivity contribution in [2.24, 2.45) is 0 Å². The van der Waals surface area contributed by atoms with Crippen molar-refractivity contribution in [1.29, 1.82) is 0 Å². The molecular formula is C19H17FN4O3S. The Balaban J connectivity index is 1.62. The van der Waals surface area contributed by atoms with Crippen molar-refractivity contribution in [3.63, 3.8) is 0 Å². The van der Waals surface area contributed by atoms with Crippen molar-refractivity contribution in [2.75, 3.05) is 23.3 Å². The second-order valence-electron chi connectivity index (χ2n) is 6.20. The van der Waals surface area contributed by atoms with Gasteiger partial charge in [0.05, 0.1) is 12.0 Å². The lowest BCUT2D eigenvalue weighted by atomic mass is 10.2. The molecular weight excluding hydrogens is 383 g/mol. The van der Waals surface area contributed by atoms with Crippen LogP contribution in [0.5, 0.6) is 5.75 Å². The van der Waals surface area contributed by atoms with E-state index >= 15 is 0 Å². The molecule has 1 aromatic heterocycles. The Bertz CT molecular complexity index is 1140. The molecule has 1 aliphatic heterocycles. The van der Waals surface area contributed by atoms with Gasteiger partial charge in [-0.15, -0.1) is 0 Å². The standard InChI is InChI=1S/C19H17FN4O3S/c1-27-15-3-2-4-16(12-15)28(25,26)23-19-21-9-7-18(22-19)24-10-8-13-11-14(20)5-6-17(13)24/h2-7,9,11-12H,8,10H2,1H3,(H,21,22,23). The number of ether oxygens (including phenoxy) is 1. The third-order valence-corrected chi connectivity index (χ3v) is 5.76. The maximum Gasteiger partial charge on any atom is 0.264 e. The minimum atomic E-state index is -3.88. The number of methoxy groups -OCH3 is 1. The van der Waals surface area contributed by atoms with Crippen LogP contribution in [0.4, 0.5) is 21.8 Å². The second kappa shape index (κ2) is 7.08. The number of anilines is 3. The third kappa shape index (κ3) is 3.48. The van der Waals surface area contributed by atoms with Crippen LogP contribution in [0.2, 0.25) is 0 Å². The first-order valence-corrected chi connectivity index (χ1v) is 10.0. The van der Waals surface area contributed by atoms with Crippen LogP contribution >= 0.6 is 0 Å². The SMILES string of the molecule is COc1cccc(S(=O)(=O)Nc2nccc(N3CCc4cc(F)ccc43)n2)c1. The van der Waals surface area contributed by atoms with Gasteiger partial charge in [-0.3, -0.25) is 0 Å². The van der Waals surface area contributed by atoms with Crippen molar-refractivity contribution in [1.82, 2.24) is 9.97 Å². The van der Waals surface area contributed by atoms with Crippen LogP contribution in [0, 0.1) is 5.82 Å². The molecule has 3 aromatic rings. The van der Waals surface area contributed by atoms with Crippen molar-refractivity contribution >= 4 is 27.5 Å². The third-order valence-electron chi connectivity index (χ3n) is 4.43. The minimum absolute atomic E-state index is 0.0443. The molecule has 1 aliphatic rings. The first-order chi connectivity index (χ1) is 13.5. The van der Waals surface area contributed by atoms with E-state index in [4.69, 9.17) is 4.74 Å². The zero-order chi connectivity index (χ0) is 19.7. The smallest absolute Gasteiger partial charge is 0.264 e. The van der Waals surface area contributed by atoms with E-state index < -0.39 is 10.0 Å². The number of halogens is 1. The molecule has 0 aliphatic carbocycles. The zero-order valence-corrected chi connectivity index (χ0v) is 15.8. The van der Waals surface area contributed by atoms with Crippen LogP contribution in [0.3, 0.4) is 0 Å². The van der Waals surface area contributed by atoms with Gasteiger partial charge in [-0.05, 0) is 48.4 Å². The number of aromatic nitrogens is 2. The molecule has 0 saturated carbocycles. The lowest BCUT2D eigenvalue weighted by molar-refractivity contribution is 0.413. The molecule has 2 aromatic carbocycles. The molecule has 9 heteroatoms. The summed E-state index contributed by atoms with van der Waals surface area (Å²) in [6.07, 6.45) is 2.16. The monoisotopic (exact) mass is 400 g/mol. The van der Waals surface area contributed by atoms with Crippen LogP contribution < -0.4 is 14.4 Å². The van der Waals surface area contributed by atoms with Crippen LogP contribution in [0.15, 0.2) is 59.6 Å². The lowest BCUT2D eigenvalue weighted by Gasteiger charge is -2.18. The van der Waals surface area contributed by atoms with E-state index in [-0.39, 0.29) is 16.7 Å². The number of hydrogen-bond donors (Lipinski definition) is 1. The Morgan fingerprint density at radius 2 is 2.04 bits per heavy atom. The fraction of sp³-hybridized carbons (Fsp3) is 0.158. The van der Waals surface area contributed by atoms with Crippen molar-refractivity contribution in [3.05, 3.63) is 66.1 Å². The minimum Gasteiger partial charge on any atom is -0.497 e. The number of nitrogens with one attached hydrogen (secondary N) is 1. The van der Waals surface area contributed by atoms with E-state index in [1.807, 2.05) is 4.90 Å². The van der Waals surface area contributed by atoms with Gasteiger partial charge in [0.2, 0.25) is 5.95 Å². The highest BCUT2D eigenvalue weighted by Gasteiger charge is 2.23. The van der Waals surface area contributed by atoms with Crippen molar-refractivity contribution < 1.29 is 17.5 Å². The summed E-state index contributed by atoms with van der Waals surface area (Å²) in [5.41, 5.74) is 1.74. The van der Waals surface area contributed by atoms with Gasteiger partial charge in [0, 0.05) is 24.5 Å². The van der Waals surface area contributed by atoms with Gasteiger partial charge < -0.3 is 9.64 Å². The maximum absolute atomic E-state index is 13.4. The molecule has 0 saturated heterocycles. The van der Waals surface area contributed by atoms with Crippen LogP contribution in [0.1, 0.15) is 5.56 Å². The maximum atomic E-state index is 13.4. The highest BCUT2D eigenvalue weighted by molar-refractivity contribution is 7.92. The second-order valence-corrected chi connectivity index (χ2v) is 7.88. The number of fused-ring (bicyclic) bond motifs is 1. The first kappa shape index (κ1) is 18.2. The molecule has 0 atom stereocenters. The summed E-state index contributed by atoms with van der Waals surface area (Å²) in [6.45, 7) is 0.623. The van der Waals surface area contributed by atoms with E-state index in [1.165, 1.54) is 37.6 Å². The van der Waals surface area contributed by atoms with Crippen LogP contribution in [0.25, 0.3) is 0 Å². The number of sulfonamides is 1. The van der Waals surface area contributed by atoms with Gasteiger partial charge in [-0.1, -0.05) is 6.07 Å². The van der Waals surface area contributed by atoms with E-state index in [2.05, 4.69) is 14.7 Å². The molecule has 0 radical (unpaired) electrons. The van der Waals surface area contributed by atoms with Gasteiger partial charge in [0.15, 0.2) is 0 Å². The molecule has 0 fully saturated rings. The average molecular weight is 400 g/mol. The van der Waals surface area contributed by atoms with E-state index in [1.54, 1.807) is 24.3 Å². The Morgan fingerprint density at radius 1 is 1.18 bits per heavy atom. The summed E-state index contributed by atoms with van der Waals surface area (Å²) in [4.78, 5) is 10.3. The topological polar surface area (TPSA) is 84.4 Å². The summed E-state index contributed by atoms with van der Waals surface area (Å²) >= 11 is 0. The zero-order valence-electron chi connectivity index (χ0n) is 15.0. The molecule has 1 N–H and O–H groups in total. The van der Waals surface area contributed by atoms with Gasteiger partial charge >= 0.3 is 0 Å². The van der Waals surface area contributed by atoms with E-state index in [0.717, 1.165) is 11.3 Å². The number of rotatable bonds is 5. The van der Waals surface area contributed by atoms with E-state index in [9.17, 15) is 12.8 Å². The van der Waals surface area contributed by atoms with Gasteiger partial charge in [-0.2, -0.15) is 4.98 Å². The predicted molar refractivity (Wildman–Crippen MR) is 103 cm³/mol. The first-order valence-electron chi connectivity index (χ1n) is 8.52. The van der Waals surface area contributed by atoms with Crippen molar-refractivity contribution in [3.8, 4) is 5.75 Å². The molecule has 0 unspecified atom stereocenters. The van der Waals surface area contributed by atoms with Crippen LogP contribution in [-0.4, -0.2) is 32.0 Å². The van der Waals surface area contributed by atoms with Gasteiger partial charge in [0.1, 0.15) is 17.4 Å². The lowest BCUT2D eigenvalue weighted by Crippen LogP contribution is -2.18. The summed E-state index contributed by atoms with van der Waals surface area (Å²) in [5.74, 6) is 0.632. The highest BCUT2D eigenvalue weighted by Crippen LogP contribution is 2.34. The largest absolute Gasteiger partial charge is 0.497 e. The Kier molecular flexibility index (Phi) is 4.60. The molecule has 7 nitrogen and oxygen atoms in total. The predicted octanol–water partition coefficient (Wildman–Crippen LogP) is 3.12. The quantitative estimate of drug-likeness (QED) is 0.708. The normalized spacial score (nSPS) is 13.3. The summed E-state index contributed by atoms with van der Waals surface area (Å²) in [6, 6.07) is 12.4. The van der Waals surface area contributed by atoms with Crippen LogP contribution in [-0.2, 0) is 16.4 Å². The molecule has 0 bridgehead atoms. The molecule has 0 amide bonds. The van der Waals surface area contributed by atoms with Crippen molar-refractivity contribution in [2.45, 2.75) is 11.3 Å². The Morgan fingerprint density at radius 3 is 2.86 bits per heavy atom. The van der Waals surface area contributed by atoms with Gasteiger partial charge in [-0.25, -0.2) is 22.5 Å². The highest BCUT2D eigenvalue weighted by atomic mass is 32.2. The summed E-state index contributed by atoms with van der Waals surface area (Å²) < 4.78 is 46.2. The number of nitrogens with zero attached hydrogens (tertiary/aromatic N) is 3. The van der Waals surface area contributed by atoms with Gasteiger partial charge in [0.25, 0.3) is 10.0 Å². The molecule has 144 valence electrons. The number of benzene rings is 2. The summed E-state index contributed by atoms with van der Waals surface area (Å²) in [5, 5.41) is 0. The Hall–Kier alpha value is -3.20.